The van der Waals surface area contributed by atoms with Gasteiger partial charge in [0.2, 0.25) is 5.91 Å². The van der Waals surface area contributed by atoms with E-state index in [9.17, 15) is 4.79 Å². The largest absolute Gasteiger partial charge is 0.378 e. The fraction of sp³-hybridized carbons (Fsp3) is 0.625. The fourth-order valence-electron chi connectivity index (χ4n) is 3.41. The number of hydrogen-bond acceptors (Lipinski definition) is 7. The zero-order valence-electron chi connectivity index (χ0n) is 15.2. The number of amides is 1. The van der Waals surface area contributed by atoms with Gasteiger partial charge >= 0.3 is 0 Å². The van der Waals surface area contributed by atoms with Crippen molar-refractivity contribution < 1.29 is 9.53 Å². The number of rotatable bonds is 3. The number of halogens is 2. The first-order valence-corrected chi connectivity index (χ1v) is 8.72. The lowest BCUT2D eigenvalue weighted by atomic mass is 10.1. The van der Waals surface area contributed by atoms with Gasteiger partial charge in [-0.3, -0.25) is 4.79 Å². The van der Waals surface area contributed by atoms with Gasteiger partial charge in [-0.15, -0.1) is 24.8 Å². The number of hydrogen-bond donors (Lipinski definition) is 1. The highest BCUT2D eigenvalue weighted by Crippen LogP contribution is 2.18. The Morgan fingerprint density at radius 1 is 1.30 bits per heavy atom. The van der Waals surface area contributed by atoms with Crippen molar-refractivity contribution in [3.8, 4) is 0 Å². The average Bonchev–Trinajstić information content (AvgIpc) is 3.10. The average molecular weight is 418 g/mol. The number of morpholine rings is 1. The molecular weight excluding hydrogens is 393 g/mol. The molecule has 1 amide bonds. The van der Waals surface area contributed by atoms with Gasteiger partial charge in [-0.2, -0.15) is 14.6 Å². The van der Waals surface area contributed by atoms with Crippen LogP contribution < -0.4 is 10.2 Å². The van der Waals surface area contributed by atoms with Crippen molar-refractivity contribution in [3.05, 3.63) is 18.1 Å². The quantitative estimate of drug-likeness (QED) is 0.768. The van der Waals surface area contributed by atoms with Crippen LogP contribution in [0.4, 0.5) is 5.82 Å². The van der Waals surface area contributed by atoms with E-state index in [1.807, 2.05) is 17.9 Å². The smallest absolute Gasteiger partial charge is 0.254 e. The number of carbonyl (C=O) groups is 1. The Morgan fingerprint density at radius 3 is 2.78 bits per heavy atom. The topological polar surface area (TPSA) is 87.9 Å². The summed E-state index contributed by atoms with van der Waals surface area (Å²) in [6, 6.07) is 2.15. The molecule has 2 aliphatic rings. The lowest BCUT2D eigenvalue weighted by Crippen LogP contribution is -2.51. The van der Waals surface area contributed by atoms with Crippen LogP contribution in [0.1, 0.15) is 12.1 Å². The Balaban J connectivity index is 0.00000131. The summed E-state index contributed by atoms with van der Waals surface area (Å²) in [6.45, 7) is 7.10. The molecule has 0 aliphatic carbocycles. The molecule has 11 heteroatoms. The molecule has 2 aromatic rings. The Bertz CT molecular complexity index is 758. The minimum atomic E-state index is 0. The summed E-state index contributed by atoms with van der Waals surface area (Å²) in [6.07, 6.45) is 2.02. The molecule has 2 aromatic heterocycles. The summed E-state index contributed by atoms with van der Waals surface area (Å²) in [5.74, 6) is 1.78. The molecule has 1 atom stereocenters. The molecule has 0 bridgehead atoms. The normalized spacial score (nSPS) is 20.1. The summed E-state index contributed by atoms with van der Waals surface area (Å²) < 4.78 is 7.18. The molecular formula is C16H25Cl2N7O2. The molecule has 9 nitrogen and oxygen atoms in total. The molecule has 0 aromatic carbocycles. The van der Waals surface area contributed by atoms with E-state index >= 15 is 0 Å². The molecule has 2 saturated heterocycles. The van der Waals surface area contributed by atoms with Gasteiger partial charge in [0, 0.05) is 56.9 Å². The van der Waals surface area contributed by atoms with Crippen LogP contribution >= 0.6 is 24.8 Å². The van der Waals surface area contributed by atoms with Crippen molar-refractivity contribution in [2.75, 3.05) is 50.8 Å². The number of nitrogens with zero attached hydrogens (tertiary/aromatic N) is 6. The third-order valence-electron chi connectivity index (χ3n) is 4.74. The van der Waals surface area contributed by atoms with Crippen molar-refractivity contribution in [2.24, 2.45) is 0 Å². The highest BCUT2D eigenvalue weighted by molar-refractivity contribution is 5.85. The van der Waals surface area contributed by atoms with Crippen LogP contribution in [-0.4, -0.2) is 82.4 Å². The molecule has 150 valence electrons. The van der Waals surface area contributed by atoms with Crippen LogP contribution in [0.25, 0.3) is 5.78 Å². The van der Waals surface area contributed by atoms with E-state index in [1.54, 1.807) is 4.52 Å². The number of piperazine rings is 1. The molecule has 4 heterocycles. The third kappa shape index (κ3) is 4.78. The summed E-state index contributed by atoms with van der Waals surface area (Å²) in [5, 5.41) is 7.60. The van der Waals surface area contributed by atoms with E-state index in [0.29, 0.717) is 31.9 Å². The fourth-order valence-corrected chi connectivity index (χ4v) is 3.41. The van der Waals surface area contributed by atoms with E-state index in [2.05, 4.69) is 25.3 Å². The molecule has 2 fully saturated rings. The molecule has 0 saturated carbocycles. The number of aromatic nitrogens is 4. The first-order chi connectivity index (χ1) is 12.2. The number of aryl methyl sites for hydroxylation is 1. The van der Waals surface area contributed by atoms with Crippen molar-refractivity contribution in [2.45, 2.75) is 19.4 Å². The van der Waals surface area contributed by atoms with Gasteiger partial charge in [0.05, 0.1) is 13.2 Å². The summed E-state index contributed by atoms with van der Waals surface area (Å²) in [7, 11) is 0. The zero-order valence-corrected chi connectivity index (χ0v) is 16.8. The number of carbonyl (C=O) groups excluding carboxylic acids is 1. The third-order valence-corrected chi connectivity index (χ3v) is 4.74. The minimum Gasteiger partial charge on any atom is -0.378 e. The first kappa shape index (κ1) is 21.6. The molecule has 4 rings (SSSR count). The van der Waals surface area contributed by atoms with Crippen LogP contribution in [0.2, 0.25) is 0 Å². The predicted octanol–water partition coefficient (Wildman–Crippen LogP) is 0.303. The Kier molecular flexibility index (Phi) is 7.60. The Morgan fingerprint density at radius 2 is 2.07 bits per heavy atom. The van der Waals surface area contributed by atoms with Gasteiger partial charge in [0.15, 0.2) is 0 Å². The summed E-state index contributed by atoms with van der Waals surface area (Å²) in [4.78, 5) is 25.2. The maximum atomic E-state index is 12.5. The van der Waals surface area contributed by atoms with Crippen LogP contribution in [0.5, 0.6) is 0 Å². The van der Waals surface area contributed by atoms with Gasteiger partial charge < -0.3 is 19.9 Å². The summed E-state index contributed by atoms with van der Waals surface area (Å²) >= 11 is 0. The van der Waals surface area contributed by atoms with E-state index < -0.39 is 0 Å². The van der Waals surface area contributed by atoms with Crippen molar-refractivity contribution in [3.63, 3.8) is 0 Å². The molecule has 2 aliphatic heterocycles. The second kappa shape index (κ2) is 9.50. The van der Waals surface area contributed by atoms with Crippen molar-refractivity contribution >= 4 is 42.3 Å². The van der Waals surface area contributed by atoms with E-state index in [0.717, 1.165) is 37.8 Å². The predicted molar refractivity (Wildman–Crippen MR) is 106 cm³/mol. The maximum Gasteiger partial charge on any atom is 0.254 e. The zero-order chi connectivity index (χ0) is 17.2. The van der Waals surface area contributed by atoms with Crippen LogP contribution in [-0.2, 0) is 9.53 Å². The van der Waals surface area contributed by atoms with Crippen molar-refractivity contribution in [1.29, 1.82) is 0 Å². The maximum absolute atomic E-state index is 12.5. The second-order valence-corrected chi connectivity index (χ2v) is 6.53. The van der Waals surface area contributed by atoms with Gasteiger partial charge in [-0.1, -0.05) is 0 Å². The van der Waals surface area contributed by atoms with E-state index in [1.165, 1.54) is 6.33 Å². The standard InChI is InChI=1S/C16H23N7O2.2ClH/c1-12-8-14(23-16(20-12)18-11-19-23)21-3-5-22(6-4-21)15(24)9-13-10-25-7-2-17-13;;/h8,11,13,17H,2-7,9-10H2,1H3;2*1H. The lowest BCUT2D eigenvalue weighted by Gasteiger charge is -2.36. The van der Waals surface area contributed by atoms with Gasteiger partial charge in [-0.05, 0) is 6.92 Å². The number of ether oxygens (including phenoxy) is 1. The minimum absolute atomic E-state index is 0. The van der Waals surface area contributed by atoms with Crippen molar-refractivity contribution in [1.82, 2.24) is 29.8 Å². The van der Waals surface area contributed by atoms with Crippen LogP contribution in [0.3, 0.4) is 0 Å². The first-order valence-electron chi connectivity index (χ1n) is 8.72. The van der Waals surface area contributed by atoms with Gasteiger partial charge in [0.1, 0.15) is 12.1 Å². The SMILES string of the molecule is Cc1cc(N2CCN(C(=O)CC3COCCN3)CC2)n2ncnc2n1.Cl.Cl. The highest BCUT2D eigenvalue weighted by Gasteiger charge is 2.25. The monoisotopic (exact) mass is 417 g/mol. The molecule has 0 spiro atoms. The second-order valence-electron chi connectivity index (χ2n) is 6.53. The van der Waals surface area contributed by atoms with Crippen LogP contribution in [0, 0.1) is 6.92 Å². The molecule has 27 heavy (non-hydrogen) atoms. The number of nitrogens with one attached hydrogen (secondary N) is 1. The van der Waals surface area contributed by atoms with Gasteiger partial charge in [0.25, 0.3) is 5.78 Å². The van der Waals surface area contributed by atoms with E-state index in [-0.39, 0.29) is 36.8 Å². The molecule has 1 unspecified atom stereocenters. The van der Waals surface area contributed by atoms with E-state index in [4.69, 9.17) is 4.74 Å². The van der Waals surface area contributed by atoms with Gasteiger partial charge in [-0.25, -0.2) is 4.98 Å². The number of anilines is 1. The van der Waals surface area contributed by atoms with Crippen LogP contribution in [0.15, 0.2) is 12.4 Å². The lowest BCUT2D eigenvalue weighted by molar-refractivity contribution is -0.132. The Hall–Kier alpha value is -1.68. The molecule has 0 radical (unpaired) electrons. The Labute approximate surface area is 170 Å². The number of fused-ring (bicyclic) bond motifs is 1. The molecule has 1 N–H and O–H groups in total. The highest BCUT2D eigenvalue weighted by atomic mass is 35.5. The summed E-state index contributed by atoms with van der Waals surface area (Å²) in [5.41, 5.74) is 0.914.